The lowest BCUT2D eigenvalue weighted by Crippen LogP contribution is -2.35. The average molecular weight is 329 g/mol. The molecule has 0 saturated carbocycles. The molecular weight excluding hydrogens is 310 g/mol. The molecule has 0 radical (unpaired) electrons. The van der Waals surface area contributed by atoms with Gasteiger partial charge in [-0.3, -0.25) is 14.3 Å². The van der Waals surface area contributed by atoms with Crippen LogP contribution in [0.1, 0.15) is 18.2 Å². The second-order valence-corrected chi connectivity index (χ2v) is 5.74. The largest absolute Gasteiger partial charge is 0.497 e. The predicted octanol–water partition coefficient (Wildman–Crippen LogP) is 1.55. The zero-order valence-electron chi connectivity index (χ0n) is 13.7. The quantitative estimate of drug-likeness (QED) is 0.920. The van der Waals surface area contributed by atoms with Gasteiger partial charge in [0, 0.05) is 43.3 Å². The molecule has 2 heterocycles. The zero-order chi connectivity index (χ0) is 17.3. The summed E-state index contributed by atoms with van der Waals surface area (Å²) >= 11 is 0. The number of nitrogens with zero attached hydrogens (tertiary/aromatic N) is 3. The van der Waals surface area contributed by atoms with Crippen molar-refractivity contribution in [1.29, 1.82) is 0 Å². The van der Waals surface area contributed by atoms with Crippen molar-refractivity contribution in [3.63, 3.8) is 0 Å². The zero-order valence-corrected chi connectivity index (χ0v) is 13.7. The first-order valence-corrected chi connectivity index (χ1v) is 7.70. The lowest BCUT2D eigenvalue weighted by atomic mass is 10.0. The fraction of sp³-hybridized carbons (Fsp3) is 0.353. The van der Waals surface area contributed by atoms with Crippen LogP contribution < -0.4 is 4.74 Å². The molecule has 0 atom stereocenters. The fourth-order valence-electron chi connectivity index (χ4n) is 3.00. The summed E-state index contributed by atoms with van der Waals surface area (Å²) in [5, 5.41) is 13.6. The molecule has 0 unspecified atom stereocenters. The van der Waals surface area contributed by atoms with Crippen molar-refractivity contribution in [2.45, 2.75) is 26.4 Å². The highest BCUT2D eigenvalue weighted by atomic mass is 16.5. The molecule has 7 heteroatoms. The first-order chi connectivity index (χ1) is 11.5. The number of carboxylic acids is 1. The van der Waals surface area contributed by atoms with E-state index >= 15 is 0 Å². The van der Waals surface area contributed by atoms with Crippen molar-refractivity contribution in [3.8, 4) is 17.0 Å². The summed E-state index contributed by atoms with van der Waals surface area (Å²) in [7, 11) is 1.60. The van der Waals surface area contributed by atoms with Crippen molar-refractivity contribution in [2.24, 2.45) is 0 Å². The Hall–Kier alpha value is -2.83. The number of rotatable bonds is 4. The molecule has 0 fully saturated rings. The number of hydrogen-bond donors (Lipinski definition) is 1. The molecule has 1 aliphatic rings. The third-order valence-corrected chi connectivity index (χ3v) is 4.23. The molecule has 1 N–H and O–H groups in total. The van der Waals surface area contributed by atoms with Gasteiger partial charge in [-0.1, -0.05) is 0 Å². The van der Waals surface area contributed by atoms with Crippen molar-refractivity contribution in [2.75, 3.05) is 13.7 Å². The summed E-state index contributed by atoms with van der Waals surface area (Å²) in [6, 6.07) is 7.45. The van der Waals surface area contributed by atoms with Gasteiger partial charge in [0.2, 0.25) is 5.91 Å². The van der Waals surface area contributed by atoms with Gasteiger partial charge in [0.15, 0.2) is 0 Å². The second-order valence-electron chi connectivity index (χ2n) is 5.74. The summed E-state index contributed by atoms with van der Waals surface area (Å²) in [5.74, 6) is -0.189. The predicted molar refractivity (Wildman–Crippen MR) is 86.6 cm³/mol. The van der Waals surface area contributed by atoms with Crippen molar-refractivity contribution in [3.05, 3.63) is 35.5 Å². The fourth-order valence-corrected chi connectivity index (χ4v) is 3.00. The van der Waals surface area contributed by atoms with Gasteiger partial charge in [-0.15, -0.1) is 0 Å². The van der Waals surface area contributed by atoms with Crippen molar-refractivity contribution >= 4 is 11.9 Å². The number of methoxy groups -OCH3 is 1. The Balaban J connectivity index is 2.05. The van der Waals surface area contributed by atoms with Gasteiger partial charge in [0.1, 0.15) is 12.3 Å². The molecule has 0 bridgehead atoms. The van der Waals surface area contributed by atoms with Crippen LogP contribution in [0.3, 0.4) is 0 Å². The number of aliphatic carboxylic acids is 1. The molecule has 1 amide bonds. The number of carboxylic acid groups (broad SMARTS) is 1. The molecular formula is C17H19N3O4. The smallest absolute Gasteiger partial charge is 0.325 e. The monoisotopic (exact) mass is 329 g/mol. The maximum absolute atomic E-state index is 11.7. The van der Waals surface area contributed by atoms with Gasteiger partial charge in [-0.25, -0.2) is 0 Å². The Morgan fingerprint density at radius 1 is 1.29 bits per heavy atom. The summed E-state index contributed by atoms with van der Waals surface area (Å²) in [6.07, 6.45) is 0.603. The summed E-state index contributed by atoms with van der Waals surface area (Å²) < 4.78 is 6.70. The van der Waals surface area contributed by atoms with Crippen LogP contribution >= 0.6 is 0 Å². The first kappa shape index (κ1) is 16.0. The minimum atomic E-state index is -0.935. The minimum absolute atomic E-state index is 0.00677. The number of aromatic nitrogens is 2. The highest BCUT2D eigenvalue weighted by Gasteiger charge is 2.27. The molecule has 1 aromatic carbocycles. The van der Waals surface area contributed by atoms with Crippen LogP contribution in [0.15, 0.2) is 24.3 Å². The summed E-state index contributed by atoms with van der Waals surface area (Å²) in [6.45, 7) is 2.39. The first-order valence-electron chi connectivity index (χ1n) is 7.70. The van der Waals surface area contributed by atoms with Gasteiger partial charge in [-0.05, 0) is 24.3 Å². The topological polar surface area (TPSA) is 84.7 Å². The van der Waals surface area contributed by atoms with E-state index in [2.05, 4.69) is 5.10 Å². The molecule has 3 rings (SSSR count). The van der Waals surface area contributed by atoms with Crippen LogP contribution in [0.5, 0.6) is 5.75 Å². The molecule has 2 aromatic rings. The number of hydrogen-bond acceptors (Lipinski definition) is 4. The van der Waals surface area contributed by atoms with E-state index in [9.17, 15) is 9.59 Å². The normalized spacial score (nSPS) is 13.5. The number of carbonyl (C=O) groups excluding carboxylic acids is 1. The Labute approximate surface area is 139 Å². The van der Waals surface area contributed by atoms with E-state index in [0.717, 1.165) is 28.3 Å². The van der Waals surface area contributed by atoms with Crippen molar-refractivity contribution < 1.29 is 19.4 Å². The highest BCUT2D eigenvalue weighted by Crippen LogP contribution is 2.31. The average Bonchev–Trinajstić information content (AvgIpc) is 2.92. The second kappa shape index (κ2) is 6.35. The van der Waals surface area contributed by atoms with E-state index in [1.54, 1.807) is 18.9 Å². The third kappa shape index (κ3) is 2.97. The minimum Gasteiger partial charge on any atom is -0.497 e. The number of fused-ring (bicyclic) bond motifs is 1. The molecule has 0 spiro atoms. The number of amides is 1. The lowest BCUT2D eigenvalue weighted by molar-refractivity contribution is -0.138. The van der Waals surface area contributed by atoms with Crippen LogP contribution in [0.4, 0.5) is 0 Å². The van der Waals surface area contributed by atoms with E-state index in [0.29, 0.717) is 19.5 Å². The van der Waals surface area contributed by atoms with E-state index in [1.165, 1.54) is 4.68 Å². The number of carbonyl (C=O) groups is 2. The SMILES string of the molecule is COc1ccc(-c2nn(CC(=O)O)c3c2CN(C(C)=O)CC3)cc1. The van der Waals surface area contributed by atoms with Crippen LogP contribution in [0, 0.1) is 0 Å². The lowest BCUT2D eigenvalue weighted by Gasteiger charge is -2.26. The Morgan fingerprint density at radius 2 is 2.00 bits per heavy atom. The standard InChI is InChI=1S/C17H19N3O4/c1-11(21)19-8-7-15-14(9-19)17(18-20(15)10-16(22)23)12-3-5-13(24-2)6-4-12/h3-6H,7-10H2,1-2H3,(H,22,23). The maximum Gasteiger partial charge on any atom is 0.325 e. The number of benzene rings is 1. The maximum atomic E-state index is 11.7. The van der Waals surface area contributed by atoms with Gasteiger partial charge in [0.05, 0.1) is 12.8 Å². The molecule has 1 aliphatic heterocycles. The van der Waals surface area contributed by atoms with Crippen LogP contribution in [0.2, 0.25) is 0 Å². The van der Waals surface area contributed by atoms with Gasteiger partial charge in [0.25, 0.3) is 0 Å². The summed E-state index contributed by atoms with van der Waals surface area (Å²) in [5.41, 5.74) is 3.41. The summed E-state index contributed by atoms with van der Waals surface area (Å²) in [4.78, 5) is 24.6. The van der Waals surface area contributed by atoms with Crippen LogP contribution in [-0.4, -0.2) is 45.3 Å². The van der Waals surface area contributed by atoms with E-state index in [1.807, 2.05) is 24.3 Å². The van der Waals surface area contributed by atoms with E-state index < -0.39 is 5.97 Å². The third-order valence-electron chi connectivity index (χ3n) is 4.23. The Kier molecular flexibility index (Phi) is 4.24. The Bertz CT molecular complexity index is 780. The van der Waals surface area contributed by atoms with E-state index in [4.69, 9.17) is 9.84 Å². The van der Waals surface area contributed by atoms with Gasteiger partial charge < -0.3 is 14.7 Å². The van der Waals surface area contributed by atoms with Gasteiger partial charge in [-0.2, -0.15) is 5.10 Å². The molecule has 1 aromatic heterocycles. The van der Waals surface area contributed by atoms with E-state index in [-0.39, 0.29) is 12.5 Å². The highest BCUT2D eigenvalue weighted by molar-refractivity contribution is 5.75. The van der Waals surface area contributed by atoms with Crippen molar-refractivity contribution in [1.82, 2.24) is 14.7 Å². The molecule has 0 aliphatic carbocycles. The molecule has 126 valence electrons. The molecule has 24 heavy (non-hydrogen) atoms. The molecule has 0 saturated heterocycles. The van der Waals surface area contributed by atoms with Crippen LogP contribution in [0.25, 0.3) is 11.3 Å². The Morgan fingerprint density at radius 3 is 2.58 bits per heavy atom. The van der Waals surface area contributed by atoms with Crippen LogP contribution in [-0.2, 0) is 29.1 Å². The molecule has 7 nitrogen and oxygen atoms in total. The van der Waals surface area contributed by atoms with Gasteiger partial charge >= 0.3 is 5.97 Å². The number of ether oxygens (including phenoxy) is 1.